The van der Waals surface area contributed by atoms with Gasteiger partial charge in [0.25, 0.3) is 0 Å². The Morgan fingerprint density at radius 1 is 1.19 bits per heavy atom. The predicted octanol–water partition coefficient (Wildman–Crippen LogP) is 3.46. The Balaban J connectivity index is 2.33. The third-order valence-electron chi connectivity index (χ3n) is 2.75. The molecule has 0 N–H and O–H groups in total. The number of hydrogen-bond acceptors (Lipinski definition) is 4. The maximum absolute atomic E-state index is 13.8. The summed E-state index contributed by atoms with van der Waals surface area (Å²) in [6.07, 6.45) is 0. The van der Waals surface area contributed by atoms with Crippen LogP contribution in [0.15, 0.2) is 36.4 Å². The standard InChI is InChI=1S/C14H11F2NO4/c1-20-14-10(17(18)19)7-11(12(15)13(14)16)21-8-9-5-3-2-4-6-9/h2-7H,8H2,1H3. The average molecular weight is 295 g/mol. The molecule has 0 aliphatic rings. The van der Waals surface area contributed by atoms with Gasteiger partial charge < -0.3 is 9.47 Å². The fourth-order valence-electron chi connectivity index (χ4n) is 1.74. The van der Waals surface area contributed by atoms with Gasteiger partial charge in [-0.05, 0) is 5.56 Å². The van der Waals surface area contributed by atoms with E-state index in [9.17, 15) is 18.9 Å². The largest absolute Gasteiger partial charge is 0.488 e. The van der Waals surface area contributed by atoms with Crippen LogP contribution in [-0.2, 0) is 6.61 Å². The third kappa shape index (κ3) is 3.07. The Hall–Kier alpha value is -2.70. The molecule has 0 heterocycles. The van der Waals surface area contributed by atoms with Gasteiger partial charge in [-0.2, -0.15) is 8.78 Å². The summed E-state index contributed by atoms with van der Waals surface area (Å²) in [5.41, 5.74) is 0.0234. The van der Waals surface area contributed by atoms with Crippen molar-refractivity contribution in [2.45, 2.75) is 6.61 Å². The summed E-state index contributed by atoms with van der Waals surface area (Å²) in [6.45, 7) is -0.0410. The lowest BCUT2D eigenvalue weighted by atomic mass is 10.2. The van der Waals surface area contributed by atoms with Crippen molar-refractivity contribution in [3.8, 4) is 11.5 Å². The van der Waals surface area contributed by atoms with E-state index in [-0.39, 0.29) is 6.61 Å². The fraction of sp³-hybridized carbons (Fsp3) is 0.143. The van der Waals surface area contributed by atoms with Crippen molar-refractivity contribution in [3.05, 3.63) is 63.7 Å². The number of halogens is 2. The van der Waals surface area contributed by atoms with Gasteiger partial charge in [-0.15, -0.1) is 0 Å². The zero-order chi connectivity index (χ0) is 15.4. The molecule has 5 nitrogen and oxygen atoms in total. The number of ether oxygens (including phenoxy) is 2. The molecule has 2 aromatic rings. The van der Waals surface area contributed by atoms with Gasteiger partial charge in [0.15, 0.2) is 5.75 Å². The van der Waals surface area contributed by atoms with E-state index >= 15 is 0 Å². The van der Waals surface area contributed by atoms with Crippen LogP contribution >= 0.6 is 0 Å². The van der Waals surface area contributed by atoms with E-state index < -0.39 is 33.7 Å². The summed E-state index contributed by atoms with van der Waals surface area (Å²) >= 11 is 0. The predicted molar refractivity (Wildman–Crippen MR) is 70.3 cm³/mol. The maximum atomic E-state index is 13.8. The third-order valence-corrected chi connectivity index (χ3v) is 2.75. The van der Waals surface area contributed by atoms with Crippen molar-refractivity contribution >= 4 is 5.69 Å². The van der Waals surface area contributed by atoms with Crippen LogP contribution in [0.5, 0.6) is 11.5 Å². The molecule has 0 saturated carbocycles. The average Bonchev–Trinajstić information content (AvgIpc) is 2.49. The van der Waals surface area contributed by atoms with Gasteiger partial charge in [-0.25, -0.2) is 0 Å². The SMILES string of the molecule is COc1c([N+](=O)[O-])cc(OCc2ccccc2)c(F)c1F. The summed E-state index contributed by atoms with van der Waals surface area (Å²) in [5.74, 6) is -4.07. The molecule has 0 aromatic heterocycles. The molecule has 0 unspecified atom stereocenters. The van der Waals surface area contributed by atoms with Crippen LogP contribution in [-0.4, -0.2) is 12.0 Å². The fourth-order valence-corrected chi connectivity index (χ4v) is 1.74. The molecule has 0 radical (unpaired) electrons. The Bertz CT molecular complexity index is 662. The molecule has 0 aliphatic carbocycles. The highest BCUT2D eigenvalue weighted by Crippen LogP contribution is 2.37. The zero-order valence-corrected chi connectivity index (χ0v) is 11.0. The number of nitrogens with zero attached hydrogens (tertiary/aromatic N) is 1. The normalized spacial score (nSPS) is 10.2. The van der Waals surface area contributed by atoms with Gasteiger partial charge in [0, 0.05) is 0 Å². The summed E-state index contributed by atoms with van der Waals surface area (Å²) < 4.78 is 37.2. The molecule has 2 aromatic carbocycles. The first-order valence-electron chi connectivity index (χ1n) is 5.91. The monoisotopic (exact) mass is 295 g/mol. The highest BCUT2D eigenvalue weighted by molar-refractivity contribution is 5.52. The molecular weight excluding hydrogens is 284 g/mol. The first-order valence-corrected chi connectivity index (χ1v) is 5.91. The van der Waals surface area contributed by atoms with Crippen LogP contribution in [0.4, 0.5) is 14.5 Å². The molecule has 0 spiro atoms. The van der Waals surface area contributed by atoms with Gasteiger partial charge in [0.2, 0.25) is 17.4 Å². The quantitative estimate of drug-likeness (QED) is 0.626. The zero-order valence-electron chi connectivity index (χ0n) is 11.0. The summed E-state index contributed by atoms with van der Waals surface area (Å²) in [6, 6.07) is 9.57. The minimum absolute atomic E-state index is 0.0410. The van der Waals surface area contributed by atoms with E-state index in [2.05, 4.69) is 4.74 Å². The smallest absolute Gasteiger partial charge is 0.317 e. The van der Waals surface area contributed by atoms with E-state index in [0.717, 1.165) is 18.7 Å². The van der Waals surface area contributed by atoms with Crippen molar-refractivity contribution in [1.82, 2.24) is 0 Å². The first kappa shape index (κ1) is 14.7. The van der Waals surface area contributed by atoms with E-state index in [1.54, 1.807) is 30.3 Å². The number of rotatable bonds is 5. The summed E-state index contributed by atoms with van der Waals surface area (Å²) in [4.78, 5) is 9.99. The lowest BCUT2D eigenvalue weighted by Gasteiger charge is -2.10. The number of hydrogen-bond donors (Lipinski definition) is 0. The molecule has 110 valence electrons. The van der Waals surface area contributed by atoms with Crippen LogP contribution in [0, 0.1) is 21.7 Å². The molecule has 2 rings (SSSR count). The molecule has 21 heavy (non-hydrogen) atoms. The number of benzene rings is 2. The highest BCUT2D eigenvalue weighted by Gasteiger charge is 2.27. The van der Waals surface area contributed by atoms with Crippen molar-refractivity contribution in [3.63, 3.8) is 0 Å². The summed E-state index contributed by atoms with van der Waals surface area (Å²) in [5, 5.41) is 10.9. The van der Waals surface area contributed by atoms with Crippen LogP contribution in [0.25, 0.3) is 0 Å². The summed E-state index contributed by atoms with van der Waals surface area (Å²) in [7, 11) is 1.02. The molecule has 0 aliphatic heterocycles. The molecule has 0 saturated heterocycles. The second-order valence-corrected chi connectivity index (χ2v) is 4.09. The maximum Gasteiger partial charge on any atom is 0.317 e. The van der Waals surface area contributed by atoms with Gasteiger partial charge >= 0.3 is 5.69 Å². The number of nitro benzene ring substituents is 1. The van der Waals surface area contributed by atoms with Crippen molar-refractivity contribution in [2.24, 2.45) is 0 Å². The van der Waals surface area contributed by atoms with Crippen LogP contribution < -0.4 is 9.47 Å². The van der Waals surface area contributed by atoms with E-state index in [1.807, 2.05) is 0 Å². The van der Waals surface area contributed by atoms with Crippen LogP contribution in [0.1, 0.15) is 5.56 Å². The van der Waals surface area contributed by atoms with E-state index in [1.165, 1.54) is 0 Å². The molecule has 0 bridgehead atoms. The molecular formula is C14H11F2NO4. The van der Waals surface area contributed by atoms with Crippen LogP contribution in [0.3, 0.4) is 0 Å². The minimum Gasteiger partial charge on any atom is -0.488 e. The van der Waals surface area contributed by atoms with Crippen molar-refractivity contribution < 1.29 is 23.2 Å². The van der Waals surface area contributed by atoms with E-state index in [4.69, 9.17) is 4.74 Å². The Morgan fingerprint density at radius 3 is 2.43 bits per heavy atom. The second-order valence-electron chi connectivity index (χ2n) is 4.09. The molecule has 0 amide bonds. The van der Waals surface area contributed by atoms with Gasteiger partial charge in [0.05, 0.1) is 18.1 Å². The van der Waals surface area contributed by atoms with Crippen molar-refractivity contribution in [2.75, 3.05) is 7.11 Å². The second kappa shape index (κ2) is 6.17. The number of methoxy groups -OCH3 is 1. The first-order chi connectivity index (χ1) is 10.0. The lowest BCUT2D eigenvalue weighted by Crippen LogP contribution is -2.03. The molecule has 7 heteroatoms. The number of nitro groups is 1. The molecule has 0 atom stereocenters. The van der Waals surface area contributed by atoms with Crippen LogP contribution in [0.2, 0.25) is 0 Å². The van der Waals surface area contributed by atoms with Gasteiger partial charge in [0.1, 0.15) is 6.61 Å². The van der Waals surface area contributed by atoms with Crippen molar-refractivity contribution in [1.29, 1.82) is 0 Å². The topological polar surface area (TPSA) is 61.6 Å². The van der Waals surface area contributed by atoms with Gasteiger partial charge in [-0.1, -0.05) is 30.3 Å². The highest BCUT2D eigenvalue weighted by atomic mass is 19.2. The lowest BCUT2D eigenvalue weighted by molar-refractivity contribution is -0.386. The minimum atomic E-state index is -1.45. The Morgan fingerprint density at radius 2 is 1.86 bits per heavy atom. The Labute approximate surface area is 118 Å². The van der Waals surface area contributed by atoms with Gasteiger partial charge in [-0.3, -0.25) is 10.1 Å². The molecule has 0 fully saturated rings. The Kier molecular flexibility index (Phi) is 4.32. The van der Waals surface area contributed by atoms with E-state index in [0.29, 0.717) is 0 Å².